The van der Waals surface area contributed by atoms with Crippen LogP contribution in [0.1, 0.15) is 39.5 Å². The van der Waals surface area contributed by atoms with Gasteiger partial charge in [0.2, 0.25) is 0 Å². The van der Waals surface area contributed by atoms with Gasteiger partial charge in [-0.2, -0.15) is 5.26 Å². The minimum atomic E-state index is -0.202. The number of aliphatic hydroxyl groups is 1. The number of aliphatic hydroxyl groups excluding tert-OH is 1. The molecule has 80 valence electrons. The SMILES string of the molecule is CC1CCCC(CO)(NC(C)C#N)C1. The van der Waals surface area contributed by atoms with Gasteiger partial charge in [0.15, 0.2) is 0 Å². The van der Waals surface area contributed by atoms with E-state index in [2.05, 4.69) is 18.3 Å². The second-order valence-corrected chi connectivity index (χ2v) is 4.64. The van der Waals surface area contributed by atoms with E-state index in [0.29, 0.717) is 5.92 Å². The van der Waals surface area contributed by atoms with Gasteiger partial charge < -0.3 is 5.11 Å². The summed E-state index contributed by atoms with van der Waals surface area (Å²) in [5.74, 6) is 0.647. The van der Waals surface area contributed by atoms with Crippen LogP contribution < -0.4 is 5.32 Å². The Morgan fingerprint density at radius 3 is 2.93 bits per heavy atom. The first-order valence-electron chi connectivity index (χ1n) is 5.40. The molecule has 1 fully saturated rings. The predicted octanol–water partition coefficient (Wildman–Crippen LogP) is 1.43. The Hall–Kier alpha value is -0.590. The van der Waals surface area contributed by atoms with Crippen LogP contribution in [-0.2, 0) is 0 Å². The van der Waals surface area contributed by atoms with Crippen molar-refractivity contribution in [2.75, 3.05) is 6.61 Å². The van der Waals surface area contributed by atoms with Crippen LogP contribution in [0.4, 0.5) is 0 Å². The maximum absolute atomic E-state index is 9.43. The lowest BCUT2D eigenvalue weighted by Crippen LogP contribution is -2.54. The molecule has 0 radical (unpaired) electrons. The maximum Gasteiger partial charge on any atom is 0.0929 e. The zero-order valence-electron chi connectivity index (χ0n) is 9.08. The molecule has 0 aromatic rings. The quantitative estimate of drug-likeness (QED) is 0.718. The topological polar surface area (TPSA) is 56.0 Å². The molecule has 0 aromatic heterocycles. The van der Waals surface area contributed by atoms with Gasteiger partial charge in [-0.15, -0.1) is 0 Å². The summed E-state index contributed by atoms with van der Waals surface area (Å²) in [4.78, 5) is 0. The Balaban J connectivity index is 2.61. The third-order valence-electron chi connectivity index (χ3n) is 3.11. The molecule has 0 aromatic carbocycles. The van der Waals surface area contributed by atoms with Crippen molar-refractivity contribution in [1.82, 2.24) is 5.32 Å². The van der Waals surface area contributed by atoms with Crippen molar-refractivity contribution >= 4 is 0 Å². The third-order valence-corrected chi connectivity index (χ3v) is 3.11. The van der Waals surface area contributed by atoms with Crippen molar-refractivity contribution in [3.05, 3.63) is 0 Å². The van der Waals surface area contributed by atoms with E-state index in [1.807, 2.05) is 6.92 Å². The van der Waals surface area contributed by atoms with Crippen LogP contribution in [0.15, 0.2) is 0 Å². The average Bonchev–Trinajstić information content (AvgIpc) is 2.17. The van der Waals surface area contributed by atoms with Crippen LogP contribution in [0.5, 0.6) is 0 Å². The lowest BCUT2D eigenvalue weighted by Gasteiger charge is -2.40. The Kier molecular flexibility index (Phi) is 3.91. The second-order valence-electron chi connectivity index (χ2n) is 4.64. The average molecular weight is 196 g/mol. The maximum atomic E-state index is 9.43. The number of hydrogen-bond donors (Lipinski definition) is 2. The summed E-state index contributed by atoms with van der Waals surface area (Å²) < 4.78 is 0. The minimum absolute atomic E-state index is 0.142. The zero-order valence-corrected chi connectivity index (χ0v) is 9.08. The molecule has 0 saturated heterocycles. The van der Waals surface area contributed by atoms with Crippen molar-refractivity contribution in [2.24, 2.45) is 5.92 Å². The summed E-state index contributed by atoms with van der Waals surface area (Å²) >= 11 is 0. The second kappa shape index (κ2) is 4.77. The molecular weight excluding hydrogens is 176 g/mol. The standard InChI is InChI=1S/C11H20N2O/c1-9-4-3-5-11(6-9,8-14)13-10(2)7-12/h9-10,13-14H,3-6,8H2,1-2H3. The Labute approximate surface area is 86.1 Å². The van der Waals surface area contributed by atoms with Crippen molar-refractivity contribution < 1.29 is 5.11 Å². The lowest BCUT2D eigenvalue weighted by atomic mass is 9.76. The van der Waals surface area contributed by atoms with Gasteiger partial charge in [0, 0.05) is 5.54 Å². The van der Waals surface area contributed by atoms with E-state index in [-0.39, 0.29) is 18.2 Å². The summed E-state index contributed by atoms with van der Waals surface area (Å²) in [6.45, 7) is 4.20. The molecule has 3 unspecified atom stereocenters. The van der Waals surface area contributed by atoms with Gasteiger partial charge >= 0.3 is 0 Å². The van der Waals surface area contributed by atoms with E-state index in [9.17, 15) is 5.11 Å². The Bertz CT molecular complexity index is 224. The van der Waals surface area contributed by atoms with Crippen molar-refractivity contribution in [1.29, 1.82) is 5.26 Å². The highest BCUT2D eigenvalue weighted by Crippen LogP contribution is 2.32. The highest BCUT2D eigenvalue weighted by molar-refractivity contribution is 4.98. The molecule has 3 nitrogen and oxygen atoms in total. The number of rotatable bonds is 3. The number of nitriles is 1. The van der Waals surface area contributed by atoms with Crippen LogP contribution in [0.2, 0.25) is 0 Å². The zero-order chi connectivity index (χ0) is 10.6. The van der Waals surface area contributed by atoms with Gasteiger partial charge in [-0.05, 0) is 25.7 Å². The van der Waals surface area contributed by atoms with Crippen LogP contribution >= 0.6 is 0 Å². The normalized spacial score (nSPS) is 34.9. The Morgan fingerprint density at radius 2 is 2.43 bits per heavy atom. The summed E-state index contributed by atoms with van der Waals surface area (Å²) in [5.41, 5.74) is -0.202. The molecule has 2 N–H and O–H groups in total. The molecule has 0 bridgehead atoms. The molecule has 0 heterocycles. The monoisotopic (exact) mass is 196 g/mol. The van der Waals surface area contributed by atoms with Crippen molar-refractivity contribution in [3.8, 4) is 6.07 Å². The smallest absolute Gasteiger partial charge is 0.0929 e. The van der Waals surface area contributed by atoms with Gasteiger partial charge in [0.25, 0.3) is 0 Å². The largest absolute Gasteiger partial charge is 0.394 e. The first kappa shape index (κ1) is 11.5. The van der Waals surface area contributed by atoms with Crippen LogP contribution in [0, 0.1) is 17.2 Å². The van der Waals surface area contributed by atoms with E-state index in [0.717, 1.165) is 19.3 Å². The fourth-order valence-electron chi connectivity index (χ4n) is 2.47. The van der Waals surface area contributed by atoms with E-state index in [1.54, 1.807) is 0 Å². The van der Waals surface area contributed by atoms with E-state index < -0.39 is 0 Å². The van der Waals surface area contributed by atoms with Crippen molar-refractivity contribution in [2.45, 2.75) is 51.1 Å². The summed E-state index contributed by atoms with van der Waals surface area (Å²) in [5, 5.41) is 21.4. The molecule has 0 spiro atoms. The third kappa shape index (κ3) is 2.70. The molecule has 1 saturated carbocycles. The molecule has 1 rings (SSSR count). The van der Waals surface area contributed by atoms with Gasteiger partial charge in [-0.1, -0.05) is 19.8 Å². The molecule has 1 aliphatic carbocycles. The number of hydrogen-bond acceptors (Lipinski definition) is 3. The first-order chi connectivity index (χ1) is 6.62. The van der Waals surface area contributed by atoms with E-state index in [1.165, 1.54) is 6.42 Å². The molecule has 1 aliphatic rings. The van der Waals surface area contributed by atoms with Gasteiger partial charge in [-0.3, -0.25) is 5.32 Å². The van der Waals surface area contributed by atoms with Crippen LogP contribution in [0.3, 0.4) is 0 Å². The highest BCUT2D eigenvalue weighted by Gasteiger charge is 2.35. The van der Waals surface area contributed by atoms with Crippen molar-refractivity contribution in [3.63, 3.8) is 0 Å². The predicted molar refractivity (Wildman–Crippen MR) is 55.7 cm³/mol. The number of nitrogens with zero attached hydrogens (tertiary/aromatic N) is 1. The molecule has 0 aliphatic heterocycles. The summed E-state index contributed by atoms with van der Waals surface area (Å²) in [6, 6.07) is 1.99. The molecule has 14 heavy (non-hydrogen) atoms. The van der Waals surface area contributed by atoms with E-state index >= 15 is 0 Å². The van der Waals surface area contributed by atoms with Gasteiger partial charge in [-0.25, -0.2) is 0 Å². The van der Waals surface area contributed by atoms with Crippen LogP contribution in [-0.4, -0.2) is 23.3 Å². The molecular formula is C11H20N2O. The minimum Gasteiger partial charge on any atom is -0.394 e. The number of nitrogens with one attached hydrogen (secondary N) is 1. The molecule has 3 atom stereocenters. The van der Waals surface area contributed by atoms with Gasteiger partial charge in [0.05, 0.1) is 18.7 Å². The summed E-state index contributed by atoms with van der Waals surface area (Å²) in [7, 11) is 0. The summed E-state index contributed by atoms with van der Waals surface area (Å²) in [6.07, 6.45) is 4.35. The van der Waals surface area contributed by atoms with Gasteiger partial charge in [0.1, 0.15) is 0 Å². The molecule has 3 heteroatoms. The van der Waals surface area contributed by atoms with E-state index in [4.69, 9.17) is 5.26 Å². The lowest BCUT2D eigenvalue weighted by molar-refractivity contribution is 0.0958. The highest BCUT2D eigenvalue weighted by atomic mass is 16.3. The fraction of sp³-hybridized carbons (Fsp3) is 0.909. The Morgan fingerprint density at radius 1 is 1.71 bits per heavy atom. The fourth-order valence-corrected chi connectivity index (χ4v) is 2.47. The molecule has 0 amide bonds. The van der Waals surface area contributed by atoms with Crippen LogP contribution in [0.25, 0.3) is 0 Å². The first-order valence-corrected chi connectivity index (χ1v) is 5.40.